The highest BCUT2D eigenvalue weighted by molar-refractivity contribution is 7.15. The predicted octanol–water partition coefficient (Wildman–Crippen LogP) is 1.13. The smallest absolute Gasteiger partial charge is 0.325 e. The normalized spacial score (nSPS) is 16.7. The van der Waals surface area contributed by atoms with E-state index >= 15 is 0 Å². The Morgan fingerprint density at radius 2 is 2.08 bits per heavy atom. The molecule has 1 aliphatic rings. The third-order valence-corrected chi connectivity index (χ3v) is 4.47. The number of anilines is 1. The van der Waals surface area contributed by atoms with Crippen molar-refractivity contribution in [2.24, 2.45) is 0 Å². The molecule has 136 valence electrons. The molecule has 0 radical (unpaired) electrons. The Morgan fingerprint density at radius 1 is 1.31 bits per heavy atom. The van der Waals surface area contributed by atoms with Crippen molar-refractivity contribution in [3.05, 3.63) is 40.9 Å². The molecule has 0 saturated carbocycles. The Kier molecular flexibility index (Phi) is 5.54. The van der Waals surface area contributed by atoms with Crippen molar-refractivity contribution in [2.75, 3.05) is 12.4 Å². The van der Waals surface area contributed by atoms with Crippen LogP contribution in [0.1, 0.15) is 17.0 Å². The van der Waals surface area contributed by atoms with E-state index in [-0.39, 0.29) is 13.0 Å². The van der Waals surface area contributed by atoms with E-state index in [0.717, 1.165) is 10.5 Å². The van der Waals surface area contributed by atoms with Crippen LogP contribution in [0.2, 0.25) is 0 Å². The lowest BCUT2D eigenvalue weighted by Gasteiger charge is -2.12. The van der Waals surface area contributed by atoms with E-state index in [2.05, 4.69) is 20.8 Å². The van der Waals surface area contributed by atoms with Crippen molar-refractivity contribution in [1.82, 2.24) is 20.4 Å². The molecule has 1 aliphatic heterocycles. The zero-order valence-corrected chi connectivity index (χ0v) is 14.8. The van der Waals surface area contributed by atoms with Gasteiger partial charge in [0.1, 0.15) is 17.7 Å². The average Bonchev–Trinajstić information content (AvgIpc) is 3.16. The molecule has 2 heterocycles. The minimum Gasteiger partial charge on any atom is -0.377 e. The largest absolute Gasteiger partial charge is 0.377 e. The van der Waals surface area contributed by atoms with Gasteiger partial charge >= 0.3 is 6.03 Å². The van der Waals surface area contributed by atoms with Gasteiger partial charge in [0, 0.05) is 7.11 Å². The fourth-order valence-electron chi connectivity index (χ4n) is 2.47. The van der Waals surface area contributed by atoms with E-state index in [0.29, 0.717) is 16.7 Å². The van der Waals surface area contributed by atoms with Crippen LogP contribution in [0, 0.1) is 0 Å². The molecule has 1 fully saturated rings. The summed E-state index contributed by atoms with van der Waals surface area (Å²) in [6, 6.07) is 7.78. The van der Waals surface area contributed by atoms with Crippen LogP contribution < -0.4 is 10.6 Å². The van der Waals surface area contributed by atoms with Crippen molar-refractivity contribution in [3.8, 4) is 0 Å². The first-order chi connectivity index (χ1) is 12.6. The van der Waals surface area contributed by atoms with Crippen LogP contribution in [-0.4, -0.2) is 46.1 Å². The van der Waals surface area contributed by atoms with Gasteiger partial charge in [0.25, 0.3) is 5.91 Å². The number of carbonyl (C=O) groups excluding carboxylic acids is 3. The second-order valence-corrected chi connectivity index (χ2v) is 6.66. The zero-order valence-electron chi connectivity index (χ0n) is 14.0. The Labute approximate surface area is 153 Å². The van der Waals surface area contributed by atoms with Crippen molar-refractivity contribution in [1.29, 1.82) is 0 Å². The van der Waals surface area contributed by atoms with Gasteiger partial charge in [0.05, 0.1) is 13.0 Å². The van der Waals surface area contributed by atoms with E-state index in [9.17, 15) is 14.4 Å². The second kappa shape index (κ2) is 8.02. The third-order valence-electron chi connectivity index (χ3n) is 3.66. The molecule has 0 unspecified atom stereocenters. The van der Waals surface area contributed by atoms with Gasteiger partial charge in [-0.25, -0.2) is 4.79 Å². The molecule has 1 atom stereocenters. The molecule has 0 spiro atoms. The SMILES string of the molecule is COCc1nnc(NC(=O)C[C@@H]2NC(=O)N(Cc3ccccc3)C2=O)s1. The molecule has 1 aromatic carbocycles. The number of nitrogens with one attached hydrogen (secondary N) is 2. The van der Waals surface area contributed by atoms with E-state index in [1.807, 2.05) is 30.3 Å². The zero-order chi connectivity index (χ0) is 18.5. The number of urea groups is 1. The summed E-state index contributed by atoms with van der Waals surface area (Å²) in [4.78, 5) is 37.7. The van der Waals surface area contributed by atoms with Crippen molar-refractivity contribution in [2.45, 2.75) is 25.6 Å². The lowest BCUT2D eigenvalue weighted by Crippen LogP contribution is -2.34. The van der Waals surface area contributed by atoms with E-state index in [1.165, 1.54) is 18.4 Å². The topological polar surface area (TPSA) is 114 Å². The minimum absolute atomic E-state index is 0.167. The highest BCUT2D eigenvalue weighted by atomic mass is 32.1. The van der Waals surface area contributed by atoms with Gasteiger partial charge in [-0.1, -0.05) is 41.7 Å². The standard InChI is InChI=1S/C16H17N5O4S/c1-25-9-13-19-20-15(26-13)18-12(22)7-11-14(23)21(16(24)17-11)8-10-5-3-2-4-6-10/h2-6,11H,7-9H2,1H3,(H,17,24)(H,18,20,22)/t11-/m0/s1. The summed E-state index contributed by atoms with van der Waals surface area (Å²) in [6.45, 7) is 0.472. The van der Waals surface area contributed by atoms with Gasteiger partial charge < -0.3 is 15.4 Å². The minimum atomic E-state index is -0.891. The fraction of sp³-hybridized carbons (Fsp3) is 0.312. The monoisotopic (exact) mass is 375 g/mol. The number of imide groups is 1. The van der Waals surface area contributed by atoms with Crippen LogP contribution in [0.5, 0.6) is 0 Å². The molecule has 2 N–H and O–H groups in total. The van der Waals surface area contributed by atoms with E-state index < -0.39 is 23.9 Å². The Balaban J connectivity index is 1.56. The number of methoxy groups -OCH3 is 1. The summed E-state index contributed by atoms with van der Waals surface area (Å²) in [5.41, 5.74) is 0.834. The number of nitrogens with zero attached hydrogens (tertiary/aromatic N) is 3. The number of hydrogen-bond acceptors (Lipinski definition) is 7. The summed E-state index contributed by atoms with van der Waals surface area (Å²) in [5.74, 6) is -0.850. The Hall–Kier alpha value is -2.85. The summed E-state index contributed by atoms with van der Waals surface area (Å²) in [6.07, 6.45) is -0.172. The van der Waals surface area contributed by atoms with E-state index in [1.54, 1.807) is 0 Å². The molecule has 4 amide bonds. The van der Waals surface area contributed by atoms with Crippen LogP contribution in [0.3, 0.4) is 0 Å². The molecular weight excluding hydrogens is 358 g/mol. The lowest BCUT2D eigenvalue weighted by atomic mass is 10.2. The number of benzene rings is 1. The van der Waals surface area contributed by atoms with Gasteiger partial charge in [0.2, 0.25) is 11.0 Å². The van der Waals surface area contributed by atoms with Crippen LogP contribution in [0.15, 0.2) is 30.3 Å². The molecule has 0 aliphatic carbocycles. The van der Waals surface area contributed by atoms with E-state index in [4.69, 9.17) is 4.74 Å². The average molecular weight is 375 g/mol. The quantitative estimate of drug-likeness (QED) is 0.702. The van der Waals surface area contributed by atoms with Gasteiger partial charge in [-0.2, -0.15) is 0 Å². The first-order valence-corrected chi connectivity index (χ1v) is 8.65. The second-order valence-electron chi connectivity index (χ2n) is 5.60. The molecule has 10 heteroatoms. The van der Waals surface area contributed by atoms with Crippen molar-refractivity contribution < 1.29 is 19.1 Å². The number of ether oxygens (including phenoxy) is 1. The Bertz CT molecular complexity index is 810. The number of carbonyl (C=O) groups is 3. The molecule has 0 bridgehead atoms. The number of aromatic nitrogens is 2. The maximum atomic E-state index is 12.4. The first kappa shape index (κ1) is 18.0. The fourth-order valence-corrected chi connectivity index (χ4v) is 3.20. The summed E-state index contributed by atoms with van der Waals surface area (Å²) >= 11 is 1.19. The van der Waals surface area contributed by atoms with Crippen LogP contribution in [-0.2, 0) is 27.5 Å². The van der Waals surface area contributed by atoms with Gasteiger partial charge in [-0.05, 0) is 5.56 Å². The van der Waals surface area contributed by atoms with Crippen molar-refractivity contribution in [3.63, 3.8) is 0 Å². The highest BCUT2D eigenvalue weighted by Crippen LogP contribution is 2.18. The lowest BCUT2D eigenvalue weighted by molar-refractivity contribution is -0.130. The molecule has 9 nitrogen and oxygen atoms in total. The number of amides is 4. The molecular formula is C16H17N5O4S. The molecule has 2 aromatic rings. The summed E-state index contributed by atoms with van der Waals surface area (Å²) in [5, 5.41) is 13.8. The molecule has 3 rings (SSSR count). The predicted molar refractivity (Wildman–Crippen MR) is 93.2 cm³/mol. The van der Waals surface area contributed by atoms with Crippen LogP contribution >= 0.6 is 11.3 Å². The van der Waals surface area contributed by atoms with Gasteiger partial charge in [0.15, 0.2) is 0 Å². The summed E-state index contributed by atoms with van der Waals surface area (Å²) < 4.78 is 4.94. The van der Waals surface area contributed by atoms with Gasteiger partial charge in [-0.15, -0.1) is 10.2 Å². The highest BCUT2D eigenvalue weighted by Gasteiger charge is 2.39. The Morgan fingerprint density at radius 3 is 2.81 bits per heavy atom. The number of rotatable bonds is 7. The summed E-state index contributed by atoms with van der Waals surface area (Å²) in [7, 11) is 1.54. The first-order valence-electron chi connectivity index (χ1n) is 7.84. The molecule has 1 saturated heterocycles. The van der Waals surface area contributed by atoms with Gasteiger partial charge in [-0.3, -0.25) is 14.5 Å². The third kappa shape index (κ3) is 4.21. The van der Waals surface area contributed by atoms with Crippen LogP contribution in [0.25, 0.3) is 0 Å². The number of hydrogen-bond donors (Lipinski definition) is 2. The molecule has 1 aromatic heterocycles. The van der Waals surface area contributed by atoms with Crippen molar-refractivity contribution >= 4 is 34.3 Å². The maximum Gasteiger partial charge on any atom is 0.325 e. The maximum absolute atomic E-state index is 12.4. The molecule has 26 heavy (non-hydrogen) atoms. The van der Waals surface area contributed by atoms with Crippen LogP contribution in [0.4, 0.5) is 9.93 Å².